The summed E-state index contributed by atoms with van der Waals surface area (Å²) >= 11 is 0. The van der Waals surface area contributed by atoms with Gasteiger partial charge in [0.2, 0.25) is 5.91 Å². The van der Waals surface area contributed by atoms with E-state index in [2.05, 4.69) is 17.6 Å². The van der Waals surface area contributed by atoms with Crippen LogP contribution >= 0.6 is 0 Å². The molecule has 1 aliphatic heterocycles. The SMILES string of the molecule is CCCC(=O)NCC1(CCC)CNCCO1. The maximum atomic E-state index is 11.4. The standard InChI is InChI=1S/C12H24N2O2/c1-3-5-11(15)14-10-12(6-4-2)9-13-7-8-16-12/h13H,3-10H2,1-2H3,(H,14,15). The van der Waals surface area contributed by atoms with E-state index in [1.165, 1.54) is 0 Å². The number of rotatable bonds is 6. The number of carbonyl (C=O) groups is 1. The molecule has 1 unspecified atom stereocenters. The Bertz CT molecular complexity index is 208. The molecule has 16 heavy (non-hydrogen) atoms. The van der Waals surface area contributed by atoms with Gasteiger partial charge >= 0.3 is 0 Å². The van der Waals surface area contributed by atoms with Crippen LogP contribution in [0.25, 0.3) is 0 Å². The molecule has 1 aliphatic rings. The van der Waals surface area contributed by atoms with Gasteiger partial charge in [-0.05, 0) is 12.8 Å². The second-order valence-corrected chi connectivity index (χ2v) is 4.48. The van der Waals surface area contributed by atoms with Crippen molar-refractivity contribution < 1.29 is 9.53 Å². The fourth-order valence-electron chi connectivity index (χ4n) is 2.10. The molecule has 4 nitrogen and oxygen atoms in total. The lowest BCUT2D eigenvalue weighted by Crippen LogP contribution is -2.55. The van der Waals surface area contributed by atoms with Gasteiger partial charge < -0.3 is 15.4 Å². The van der Waals surface area contributed by atoms with Crippen molar-refractivity contribution in [2.75, 3.05) is 26.2 Å². The third kappa shape index (κ3) is 4.10. The van der Waals surface area contributed by atoms with Crippen LogP contribution in [0.4, 0.5) is 0 Å². The first-order chi connectivity index (χ1) is 7.72. The molecule has 1 rings (SSSR count). The number of carbonyl (C=O) groups excluding carboxylic acids is 1. The molecular formula is C12H24N2O2. The lowest BCUT2D eigenvalue weighted by molar-refractivity contribution is -0.124. The van der Waals surface area contributed by atoms with Gasteiger partial charge in [0.25, 0.3) is 0 Å². The molecule has 2 N–H and O–H groups in total. The van der Waals surface area contributed by atoms with Crippen LogP contribution in [0.2, 0.25) is 0 Å². The van der Waals surface area contributed by atoms with Gasteiger partial charge in [0.1, 0.15) is 0 Å². The van der Waals surface area contributed by atoms with Crippen molar-refractivity contribution in [3.05, 3.63) is 0 Å². The molecule has 1 heterocycles. The minimum absolute atomic E-state index is 0.132. The summed E-state index contributed by atoms with van der Waals surface area (Å²) < 4.78 is 5.86. The molecule has 94 valence electrons. The molecule has 1 amide bonds. The van der Waals surface area contributed by atoms with Crippen molar-refractivity contribution in [2.24, 2.45) is 0 Å². The highest BCUT2D eigenvalue weighted by atomic mass is 16.5. The molecule has 1 saturated heterocycles. The molecule has 0 bridgehead atoms. The summed E-state index contributed by atoms with van der Waals surface area (Å²) in [5.41, 5.74) is -0.184. The molecule has 1 fully saturated rings. The van der Waals surface area contributed by atoms with Crippen molar-refractivity contribution in [1.82, 2.24) is 10.6 Å². The topological polar surface area (TPSA) is 50.4 Å². The number of morpholine rings is 1. The number of amides is 1. The predicted octanol–water partition coefficient (Wildman–Crippen LogP) is 1.06. The van der Waals surface area contributed by atoms with Crippen molar-refractivity contribution in [3.8, 4) is 0 Å². The van der Waals surface area contributed by atoms with E-state index in [0.29, 0.717) is 13.0 Å². The summed E-state index contributed by atoms with van der Waals surface area (Å²) in [6, 6.07) is 0. The number of ether oxygens (including phenoxy) is 1. The van der Waals surface area contributed by atoms with E-state index in [1.54, 1.807) is 0 Å². The van der Waals surface area contributed by atoms with Crippen LogP contribution in [0.1, 0.15) is 39.5 Å². The van der Waals surface area contributed by atoms with Crippen LogP contribution < -0.4 is 10.6 Å². The summed E-state index contributed by atoms with van der Waals surface area (Å²) in [7, 11) is 0. The van der Waals surface area contributed by atoms with Gasteiger partial charge in [-0.25, -0.2) is 0 Å². The highest BCUT2D eigenvalue weighted by molar-refractivity contribution is 5.75. The summed E-state index contributed by atoms with van der Waals surface area (Å²) in [4.78, 5) is 11.4. The van der Waals surface area contributed by atoms with Crippen molar-refractivity contribution in [3.63, 3.8) is 0 Å². The first-order valence-corrected chi connectivity index (χ1v) is 6.34. The Kier molecular flexibility index (Phi) is 5.77. The molecule has 0 saturated carbocycles. The molecule has 4 heteroatoms. The Labute approximate surface area is 98.1 Å². The van der Waals surface area contributed by atoms with Gasteiger partial charge in [0.05, 0.1) is 12.2 Å². The molecule has 0 radical (unpaired) electrons. The Hall–Kier alpha value is -0.610. The molecule has 0 aliphatic carbocycles. The monoisotopic (exact) mass is 228 g/mol. The first-order valence-electron chi connectivity index (χ1n) is 6.34. The fourth-order valence-corrected chi connectivity index (χ4v) is 2.10. The van der Waals surface area contributed by atoms with E-state index in [1.807, 2.05) is 6.92 Å². The van der Waals surface area contributed by atoms with E-state index < -0.39 is 0 Å². The van der Waals surface area contributed by atoms with Gasteiger partial charge in [0, 0.05) is 26.1 Å². The highest BCUT2D eigenvalue weighted by Crippen LogP contribution is 2.19. The Morgan fingerprint density at radius 3 is 2.81 bits per heavy atom. The van der Waals surface area contributed by atoms with Crippen molar-refractivity contribution >= 4 is 5.91 Å². The van der Waals surface area contributed by atoms with Crippen LogP contribution in [-0.4, -0.2) is 37.7 Å². The van der Waals surface area contributed by atoms with Gasteiger partial charge in [-0.15, -0.1) is 0 Å². The van der Waals surface area contributed by atoms with E-state index in [4.69, 9.17) is 4.74 Å². The molecule has 0 aromatic carbocycles. The molecule has 1 atom stereocenters. The summed E-state index contributed by atoms with van der Waals surface area (Å²) in [6.07, 6.45) is 3.57. The Morgan fingerprint density at radius 2 is 2.25 bits per heavy atom. The second kappa shape index (κ2) is 6.86. The van der Waals surface area contributed by atoms with Crippen molar-refractivity contribution in [1.29, 1.82) is 0 Å². The number of hydrogen-bond acceptors (Lipinski definition) is 3. The number of hydrogen-bond donors (Lipinski definition) is 2. The normalized spacial score (nSPS) is 25.4. The van der Waals surface area contributed by atoms with Crippen LogP contribution in [0.5, 0.6) is 0 Å². The Balaban J connectivity index is 2.40. The lowest BCUT2D eigenvalue weighted by atomic mass is 9.96. The van der Waals surface area contributed by atoms with Crippen LogP contribution in [0, 0.1) is 0 Å². The van der Waals surface area contributed by atoms with E-state index >= 15 is 0 Å². The quantitative estimate of drug-likeness (QED) is 0.715. The molecule has 0 aromatic rings. The minimum atomic E-state index is -0.184. The minimum Gasteiger partial charge on any atom is -0.371 e. The maximum Gasteiger partial charge on any atom is 0.220 e. The third-order valence-electron chi connectivity index (χ3n) is 2.92. The summed E-state index contributed by atoms with van der Waals surface area (Å²) in [5.74, 6) is 0.132. The van der Waals surface area contributed by atoms with Gasteiger partial charge in [0.15, 0.2) is 0 Å². The summed E-state index contributed by atoms with van der Waals surface area (Å²) in [5, 5.41) is 6.31. The van der Waals surface area contributed by atoms with Gasteiger partial charge in [-0.1, -0.05) is 20.3 Å². The number of nitrogens with one attached hydrogen (secondary N) is 2. The van der Waals surface area contributed by atoms with Crippen molar-refractivity contribution in [2.45, 2.75) is 45.1 Å². The predicted molar refractivity (Wildman–Crippen MR) is 64.4 cm³/mol. The van der Waals surface area contributed by atoms with Gasteiger partial charge in [-0.3, -0.25) is 4.79 Å². The zero-order chi connectivity index (χ0) is 11.9. The molecule has 0 aromatic heterocycles. The average Bonchev–Trinajstić information content (AvgIpc) is 2.29. The first kappa shape index (κ1) is 13.5. The van der Waals surface area contributed by atoms with Crippen LogP contribution in [-0.2, 0) is 9.53 Å². The smallest absolute Gasteiger partial charge is 0.220 e. The van der Waals surface area contributed by atoms with Gasteiger partial charge in [-0.2, -0.15) is 0 Å². The zero-order valence-electron chi connectivity index (χ0n) is 10.5. The third-order valence-corrected chi connectivity index (χ3v) is 2.92. The van der Waals surface area contributed by atoms with E-state index in [-0.39, 0.29) is 11.5 Å². The highest BCUT2D eigenvalue weighted by Gasteiger charge is 2.32. The van der Waals surface area contributed by atoms with Crippen LogP contribution in [0.3, 0.4) is 0 Å². The molecule has 0 spiro atoms. The van der Waals surface area contributed by atoms with Crippen LogP contribution in [0.15, 0.2) is 0 Å². The lowest BCUT2D eigenvalue weighted by Gasteiger charge is -2.37. The average molecular weight is 228 g/mol. The molecular weight excluding hydrogens is 204 g/mol. The largest absolute Gasteiger partial charge is 0.371 e. The second-order valence-electron chi connectivity index (χ2n) is 4.48. The van der Waals surface area contributed by atoms with E-state index in [9.17, 15) is 4.79 Å². The van der Waals surface area contributed by atoms with E-state index in [0.717, 1.165) is 39.0 Å². The maximum absolute atomic E-state index is 11.4. The summed E-state index contributed by atoms with van der Waals surface area (Å²) in [6.45, 7) is 7.28. The fraction of sp³-hybridized carbons (Fsp3) is 0.917. The Morgan fingerprint density at radius 1 is 1.44 bits per heavy atom. The zero-order valence-corrected chi connectivity index (χ0v) is 10.5.